The zero-order valence-corrected chi connectivity index (χ0v) is 12.8. The Kier molecular flexibility index (Phi) is 5.52. The Morgan fingerprint density at radius 3 is 1.22 bits per heavy atom. The molecule has 2 nitrogen and oxygen atoms in total. The van der Waals surface area contributed by atoms with Crippen LogP contribution in [0.25, 0.3) is 0 Å². The van der Waals surface area contributed by atoms with Crippen molar-refractivity contribution in [2.24, 2.45) is 11.8 Å². The van der Waals surface area contributed by atoms with Gasteiger partial charge in [-0.2, -0.15) is 0 Å². The van der Waals surface area contributed by atoms with Crippen molar-refractivity contribution in [1.82, 2.24) is 0 Å². The van der Waals surface area contributed by atoms with E-state index < -0.39 is 0 Å². The molecule has 0 fully saturated rings. The van der Waals surface area contributed by atoms with Crippen molar-refractivity contribution in [1.29, 1.82) is 0 Å². The van der Waals surface area contributed by atoms with Crippen molar-refractivity contribution in [3.05, 3.63) is 24.3 Å². The average molecular weight is 248 g/mol. The molecule has 0 unspecified atom stereocenters. The predicted molar refractivity (Wildman–Crippen MR) is 82.7 cm³/mol. The third kappa shape index (κ3) is 4.59. The molecule has 1 rings (SSSR count). The normalized spacial score (nSPS) is 11.1. The van der Waals surface area contributed by atoms with E-state index >= 15 is 0 Å². The van der Waals surface area contributed by atoms with Crippen LogP contribution in [0, 0.1) is 11.8 Å². The van der Waals surface area contributed by atoms with Crippen LogP contribution in [0.15, 0.2) is 24.3 Å². The van der Waals surface area contributed by atoms with Gasteiger partial charge in [-0.15, -0.1) is 0 Å². The second-order valence-electron chi connectivity index (χ2n) is 6.07. The van der Waals surface area contributed by atoms with Gasteiger partial charge in [0.15, 0.2) is 0 Å². The maximum atomic E-state index is 2.32. The number of anilines is 2. The first-order valence-corrected chi connectivity index (χ1v) is 6.92. The lowest BCUT2D eigenvalue weighted by Gasteiger charge is -2.24. The topological polar surface area (TPSA) is 6.48 Å². The summed E-state index contributed by atoms with van der Waals surface area (Å²) in [5, 5.41) is 0. The molecule has 0 aliphatic heterocycles. The fourth-order valence-electron chi connectivity index (χ4n) is 2.27. The summed E-state index contributed by atoms with van der Waals surface area (Å²) in [5.74, 6) is 1.39. The molecule has 0 saturated carbocycles. The molecule has 0 heterocycles. The van der Waals surface area contributed by atoms with Crippen molar-refractivity contribution in [2.45, 2.75) is 27.7 Å². The van der Waals surface area contributed by atoms with Crippen LogP contribution in [-0.2, 0) is 0 Å². The number of benzene rings is 1. The molecule has 0 spiro atoms. The van der Waals surface area contributed by atoms with Crippen molar-refractivity contribution >= 4 is 11.4 Å². The minimum atomic E-state index is 0.693. The molecule has 18 heavy (non-hydrogen) atoms. The third-order valence-electron chi connectivity index (χ3n) is 3.01. The third-order valence-corrected chi connectivity index (χ3v) is 3.01. The van der Waals surface area contributed by atoms with Crippen molar-refractivity contribution in [2.75, 3.05) is 37.0 Å². The number of hydrogen-bond acceptors (Lipinski definition) is 2. The van der Waals surface area contributed by atoms with Gasteiger partial charge in [0.25, 0.3) is 0 Å². The second-order valence-corrected chi connectivity index (χ2v) is 6.07. The predicted octanol–water partition coefficient (Wildman–Crippen LogP) is 3.87. The summed E-state index contributed by atoms with van der Waals surface area (Å²) in [7, 11) is 4.32. The van der Waals surface area contributed by atoms with Crippen LogP contribution >= 0.6 is 0 Å². The highest BCUT2D eigenvalue weighted by Gasteiger charge is 2.06. The van der Waals surface area contributed by atoms with E-state index in [-0.39, 0.29) is 0 Å². The molecule has 0 bridgehead atoms. The van der Waals surface area contributed by atoms with Crippen LogP contribution in [0.2, 0.25) is 0 Å². The first-order chi connectivity index (χ1) is 8.40. The van der Waals surface area contributed by atoms with Gasteiger partial charge >= 0.3 is 0 Å². The molecule has 1 aromatic carbocycles. The zero-order valence-electron chi connectivity index (χ0n) is 12.8. The van der Waals surface area contributed by atoms with E-state index in [1.165, 1.54) is 11.4 Å². The molecule has 0 amide bonds. The molecule has 0 radical (unpaired) electrons. The van der Waals surface area contributed by atoms with Crippen molar-refractivity contribution in [3.8, 4) is 0 Å². The van der Waals surface area contributed by atoms with E-state index in [1.54, 1.807) is 0 Å². The summed E-state index contributed by atoms with van der Waals surface area (Å²) in [5.41, 5.74) is 2.59. The van der Waals surface area contributed by atoms with Crippen LogP contribution < -0.4 is 9.80 Å². The monoisotopic (exact) mass is 248 g/mol. The lowest BCUT2D eigenvalue weighted by molar-refractivity contribution is 0.636. The molecule has 0 N–H and O–H groups in total. The van der Waals surface area contributed by atoms with Crippen molar-refractivity contribution < 1.29 is 0 Å². The van der Waals surface area contributed by atoms with Gasteiger partial charge in [0.2, 0.25) is 0 Å². The van der Waals surface area contributed by atoms with Gasteiger partial charge in [-0.05, 0) is 36.1 Å². The fourth-order valence-corrected chi connectivity index (χ4v) is 2.27. The molecule has 0 saturated heterocycles. The lowest BCUT2D eigenvalue weighted by Crippen LogP contribution is -2.24. The zero-order chi connectivity index (χ0) is 13.7. The number of nitrogens with zero attached hydrogens (tertiary/aromatic N) is 2. The Balaban J connectivity index is 2.67. The quantitative estimate of drug-likeness (QED) is 0.754. The summed E-state index contributed by atoms with van der Waals surface area (Å²) in [6, 6.07) is 8.87. The Bertz CT molecular complexity index is 306. The van der Waals surface area contributed by atoms with Crippen LogP contribution in [0.4, 0.5) is 11.4 Å². The van der Waals surface area contributed by atoms with E-state index in [0.29, 0.717) is 11.8 Å². The van der Waals surface area contributed by atoms with E-state index in [2.05, 4.69) is 75.9 Å². The molecular weight excluding hydrogens is 220 g/mol. The Morgan fingerprint density at radius 1 is 0.722 bits per heavy atom. The molecule has 2 heteroatoms. The molecule has 0 aromatic heterocycles. The lowest BCUT2D eigenvalue weighted by atomic mass is 10.1. The highest BCUT2D eigenvalue weighted by molar-refractivity contribution is 5.55. The SMILES string of the molecule is CC(C)CN(C)c1ccc(N(C)CC(C)C)cc1. The van der Waals surface area contributed by atoms with Gasteiger partial charge in [-0.25, -0.2) is 0 Å². The summed E-state index contributed by atoms with van der Waals surface area (Å²) >= 11 is 0. The van der Waals surface area contributed by atoms with Gasteiger partial charge < -0.3 is 9.80 Å². The smallest absolute Gasteiger partial charge is 0.0365 e. The first kappa shape index (κ1) is 14.9. The van der Waals surface area contributed by atoms with E-state index in [4.69, 9.17) is 0 Å². The van der Waals surface area contributed by atoms with Gasteiger partial charge in [-0.3, -0.25) is 0 Å². The minimum absolute atomic E-state index is 0.693. The average Bonchev–Trinajstić information content (AvgIpc) is 2.27. The summed E-state index contributed by atoms with van der Waals surface area (Å²) in [6.45, 7) is 11.2. The maximum absolute atomic E-state index is 2.32. The molecule has 102 valence electrons. The summed E-state index contributed by atoms with van der Waals surface area (Å²) in [4.78, 5) is 4.63. The van der Waals surface area contributed by atoms with Gasteiger partial charge in [0.1, 0.15) is 0 Å². The largest absolute Gasteiger partial charge is 0.374 e. The van der Waals surface area contributed by atoms with Crippen LogP contribution in [0.5, 0.6) is 0 Å². The van der Waals surface area contributed by atoms with Gasteiger partial charge in [0, 0.05) is 38.6 Å². The fraction of sp³-hybridized carbons (Fsp3) is 0.625. The molecule has 1 aromatic rings. The van der Waals surface area contributed by atoms with Crippen LogP contribution in [0.1, 0.15) is 27.7 Å². The second kappa shape index (κ2) is 6.67. The Labute approximate surface area is 113 Å². The van der Waals surface area contributed by atoms with E-state index in [0.717, 1.165) is 13.1 Å². The van der Waals surface area contributed by atoms with Crippen molar-refractivity contribution in [3.63, 3.8) is 0 Å². The molecule has 0 aliphatic carbocycles. The minimum Gasteiger partial charge on any atom is -0.374 e. The molecule has 0 atom stereocenters. The standard InChI is InChI=1S/C16H28N2/c1-13(2)11-17(5)15-7-9-16(10-8-15)18(6)12-14(3)4/h7-10,13-14H,11-12H2,1-6H3. The Hall–Kier alpha value is -1.18. The van der Waals surface area contributed by atoms with Gasteiger partial charge in [-0.1, -0.05) is 27.7 Å². The van der Waals surface area contributed by atoms with Crippen LogP contribution in [0.3, 0.4) is 0 Å². The molecule has 0 aliphatic rings. The Morgan fingerprint density at radius 2 is 1.00 bits per heavy atom. The van der Waals surface area contributed by atoms with E-state index in [9.17, 15) is 0 Å². The summed E-state index contributed by atoms with van der Waals surface area (Å²) < 4.78 is 0. The van der Waals surface area contributed by atoms with Gasteiger partial charge in [0.05, 0.1) is 0 Å². The highest BCUT2D eigenvalue weighted by Crippen LogP contribution is 2.20. The molecular formula is C16H28N2. The number of rotatable bonds is 6. The maximum Gasteiger partial charge on any atom is 0.0365 e. The number of hydrogen-bond donors (Lipinski definition) is 0. The highest BCUT2D eigenvalue weighted by atomic mass is 15.1. The summed E-state index contributed by atoms with van der Waals surface area (Å²) in [6.07, 6.45) is 0. The van der Waals surface area contributed by atoms with E-state index in [1.807, 2.05) is 0 Å². The van der Waals surface area contributed by atoms with Crippen LogP contribution in [-0.4, -0.2) is 27.2 Å². The first-order valence-electron chi connectivity index (χ1n) is 6.92.